The molecule has 0 aromatic heterocycles. The Labute approximate surface area is 305 Å². The van der Waals surface area contributed by atoms with E-state index in [1.54, 1.807) is 0 Å². The summed E-state index contributed by atoms with van der Waals surface area (Å²) in [6.45, 7) is 0. The monoisotopic (exact) mass is 753 g/mol. The summed E-state index contributed by atoms with van der Waals surface area (Å²) in [6.07, 6.45) is -4.67. The Morgan fingerprint density at radius 1 is 0.577 bits per heavy atom. The minimum absolute atomic E-state index is 0.00950. The maximum Gasteiger partial charge on any atom is 0.349 e. The summed E-state index contributed by atoms with van der Waals surface area (Å²) < 4.78 is 26.1. The summed E-state index contributed by atoms with van der Waals surface area (Å²) in [5, 5.41) is 13.2. The number of esters is 2. The first kappa shape index (κ1) is 38.5. The first-order valence-corrected chi connectivity index (χ1v) is 15.6. The van der Waals surface area contributed by atoms with E-state index in [4.69, 9.17) is 46.9 Å². The van der Waals surface area contributed by atoms with Crippen molar-refractivity contribution in [3.63, 3.8) is 0 Å². The summed E-state index contributed by atoms with van der Waals surface area (Å²) in [5.41, 5.74) is 4.31. The van der Waals surface area contributed by atoms with Crippen molar-refractivity contribution in [3.8, 4) is 17.2 Å². The van der Waals surface area contributed by atoms with Crippen LogP contribution in [0.5, 0.6) is 17.2 Å². The van der Waals surface area contributed by atoms with Crippen molar-refractivity contribution in [2.45, 2.75) is 12.2 Å². The smallest absolute Gasteiger partial charge is 0.349 e. The topological polar surface area (TPSA) is 205 Å². The number of hydrogen-bond acceptors (Lipinski definition) is 11. The maximum atomic E-state index is 13.3. The zero-order valence-corrected chi connectivity index (χ0v) is 28.9. The number of carboxylic acids is 1. The molecule has 0 bridgehead atoms. The zero-order valence-electron chi connectivity index (χ0n) is 27.4. The van der Waals surface area contributed by atoms with Crippen LogP contribution in [0.15, 0.2) is 84.9 Å². The molecule has 15 nitrogen and oxygen atoms in total. The van der Waals surface area contributed by atoms with Crippen LogP contribution in [0.3, 0.4) is 0 Å². The van der Waals surface area contributed by atoms with Crippen molar-refractivity contribution in [2.75, 3.05) is 26.6 Å². The molecule has 270 valence electrons. The van der Waals surface area contributed by atoms with Crippen LogP contribution in [0, 0.1) is 0 Å². The van der Waals surface area contributed by atoms with E-state index in [1.165, 1.54) is 106 Å². The van der Waals surface area contributed by atoms with Gasteiger partial charge in [0, 0.05) is 26.9 Å². The number of hydrazine groups is 1. The molecule has 4 aromatic carbocycles. The number of carbonyl (C=O) groups excluding carboxylic acids is 5. The van der Waals surface area contributed by atoms with Crippen LogP contribution in [0.4, 0.5) is 5.69 Å². The van der Waals surface area contributed by atoms with Gasteiger partial charge in [0.05, 0.1) is 32.5 Å². The van der Waals surface area contributed by atoms with Gasteiger partial charge in [-0.05, 0) is 84.9 Å². The lowest BCUT2D eigenvalue weighted by Gasteiger charge is -2.23. The first-order valence-electron chi connectivity index (χ1n) is 14.8. The lowest BCUT2D eigenvalue weighted by atomic mass is 10.1. The Hall–Kier alpha value is -6.32. The van der Waals surface area contributed by atoms with Gasteiger partial charge in [0.2, 0.25) is 18.0 Å². The normalized spacial score (nSPS) is 11.6. The fourth-order valence-electron chi connectivity index (χ4n) is 4.42. The number of benzene rings is 4. The minimum Gasteiger partial charge on any atom is -0.493 e. The highest BCUT2D eigenvalue weighted by Gasteiger charge is 2.41. The maximum absolute atomic E-state index is 13.3. The van der Waals surface area contributed by atoms with Crippen molar-refractivity contribution in [3.05, 3.63) is 117 Å². The van der Waals surface area contributed by atoms with Gasteiger partial charge in [-0.25, -0.2) is 14.4 Å². The highest BCUT2D eigenvalue weighted by Crippen LogP contribution is 2.38. The molecule has 0 saturated heterocycles. The molecule has 0 heterocycles. The molecule has 0 radical (unpaired) electrons. The average Bonchev–Trinajstić information content (AvgIpc) is 3.14. The van der Waals surface area contributed by atoms with Crippen LogP contribution in [0.2, 0.25) is 10.0 Å². The fourth-order valence-corrected chi connectivity index (χ4v) is 4.67. The van der Waals surface area contributed by atoms with Crippen LogP contribution in [0.25, 0.3) is 0 Å². The van der Waals surface area contributed by atoms with E-state index in [-0.39, 0.29) is 43.8 Å². The van der Waals surface area contributed by atoms with E-state index in [9.17, 15) is 33.9 Å². The predicted molar refractivity (Wildman–Crippen MR) is 185 cm³/mol. The number of carbonyl (C=O) groups is 6. The van der Waals surface area contributed by atoms with Gasteiger partial charge in [-0.3, -0.25) is 25.2 Å². The van der Waals surface area contributed by atoms with Gasteiger partial charge in [0.1, 0.15) is 0 Å². The molecule has 4 rings (SSSR count). The number of aliphatic carboxylic acids is 1. The van der Waals surface area contributed by atoms with Crippen LogP contribution in [-0.4, -0.2) is 74.3 Å². The third-order valence-electron chi connectivity index (χ3n) is 7.04. The van der Waals surface area contributed by atoms with Crippen molar-refractivity contribution in [1.82, 2.24) is 10.9 Å². The van der Waals surface area contributed by atoms with E-state index in [1.807, 2.05) is 5.43 Å². The Kier molecular flexibility index (Phi) is 13.0. The molecule has 0 aliphatic heterocycles. The van der Waals surface area contributed by atoms with Crippen LogP contribution in [0.1, 0.15) is 41.4 Å². The molecule has 17 heteroatoms. The van der Waals surface area contributed by atoms with Crippen molar-refractivity contribution >= 4 is 64.5 Å². The number of rotatable bonds is 13. The van der Waals surface area contributed by atoms with E-state index in [0.717, 1.165) is 0 Å². The van der Waals surface area contributed by atoms with Crippen LogP contribution >= 0.6 is 23.2 Å². The van der Waals surface area contributed by atoms with E-state index >= 15 is 0 Å². The average molecular weight is 755 g/mol. The van der Waals surface area contributed by atoms with Gasteiger partial charge in [0.15, 0.2) is 11.5 Å². The van der Waals surface area contributed by atoms with Gasteiger partial charge >= 0.3 is 17.9 Å². The lowest BCUT2D eigenvalue weighted by molar-refractivity contribution is -0.159. The van der Waals surface area contributed by atoms with E-state index in [2.05, 4.69) is 10.7 Å². The molecule has 0 unspecified atom stereocenters. The quantitative estimate of drug-likeness (QED) is 0.110. The summed E-state index contributed by atoms with van der Waals surface area (Å²) >= 11 is 11.7. The van der Waals surface area contributed by atoms with Gasteiger partial charge in [-0.2, -0.15) is 0 Å². The SMILES string of the molecule is COc1cc(C(=O)Nc2ccc(C(=O)NNC(=O)[C@H](OC(=O)c3ccc(Cl)cc3)[C@H](OC(=O)c3ccc(Cl)cc3)C(=O)O)cc2)cc(OC)c1OC. The molecule has 52 heavy (non-hydrogen) atoms. The van der Waals surface area contributed by atoms with Crippen LogP contribution < -0.4 is 30.4 Å². The van der Waals surface area contributed by atoms with Crippen molar-refractivity contribution in [1.29, 1.82) is 0 Å². The lowest BCUT2D eigenvalue weighted by Crippen LogP contribution is -2.54. The number of nitrogens with one attached hydrogen (secondary N) is 3. The third-order valence-corrected chi connectivity index (χ3v) is 7.54. The molecule has 4 aromatic rings. The van der Waals surface area contributed by atoms with E-state index < -0.39 is 47.8 Å². The highest BCUT2D eigenvalue weighted by atomic mass is 35.5. The second-order valence-corrected chi connectivity index (χ2v) is 11.3. The third kappa shape index (κ3) is 9.68. The molecule has 0 saturated carbocycles. The highest BCUT2D eigenvalue weighted by molar-refractivity contribution is 6.31. The molecule has 0 aliphatic rings. The molecular weight excluding hydrogens is 725 g/mol. The minimum atomic E-state index is -2.37. The van der Waals surface area contributed by atoms with Crippen molar-refractivity contribution < 1.29 is 57.6 Å². The number of ether oxygens (including phenoxy) is 5. The second-order valence-electron chi connectivity index (χ2n) is 10.4. The van der Waals surface area contributed by atoms with Gasteiger partial charge in [0.25, 0.3) is 17.7 Å². The predicted octanol–water partition coefficient (Wildman–Crippen LogP) is 4.57. The molecule has 4 N–H and O–H groups in total. The molecular formula is C35H29Cl2N3O12. The standard InChI is InChI=1S/C35H29Cl2N3O12/c1-48-25-16-21(17-26(49-2)27(25)50-3)30(41)38-24-14-8-18(9-15-24)31(42)39-40-32(43)28(51-34(46)19-4-10-22(36)11-5-19)29(33(44)45)52-35(47)20-6-12-23(37)13-7-20/h4-17,28-29H,1-3H3,(H,38,41)(H,39,42)(H,40,43)(H,44,45)/t28-,29+/m1/s1. The molecule has 0 aliphatic carbocycles. The Balaban J connectivity index is 1.47. The molecule has 0 spiro atoms. The largest absolute Gasteiger partial charge is 0.493 e. The molecule has 3 amide bonds. The number of hydrogen-bond donors (Lipinski definition) is 4. The van der Waals surface area contributed by atoms with Crippen molar-refractivity contribution in [2.24, 2.45) is 0 Å². The van der Waals surface area contributed by atoms with E-state index in [0.29, 0.717) is 11.4 Å². The van der Waals surface area contributed by atoms with Crippen LogP contribution in [-0.2, 0) is 19.1 Å². The first-order chi connectivity index (χ1) is 24.8. The van der Waals surface area contributed by atoms with Gasteiger partial charge in [-0.15, -0.1) is 0 Å². The number of amides is 3. The Morgan fingerprint density at radius 3 is 1.48 bits per heavy atom. The summed E-state index contributed by atoms with van der Waals surface area (Å²) in [4.78, 5) is 77.1. The van der Waals surface area contributed by atoms with Gasteiger partial charge in [-0.1, -0.05) is 23.2 Å². The number of carboxylic acid groups (broad SMARTS) is 1. The fraction of sp³-hybridized carbons (Fsp3) is 0.143. The molecule has 0 fully saturated rings. The summed E-state index contributed by atoms with van der Waals surface area (Å²) in [6, 6.07) is 18.8. The molecule has 2 atom stereocenters. The van der Waals surface area contributed by atoms with Gasteiger partial charge < -0.3 is 34.1 Å². The summed E-state index contributed by atoms with van der Waals surface area (Å²) in [5.74, 6) is -6.14. The Bertz CT molecular complexity index is 1950. The number of halogens is 2. The zero-order chi connectivity index (χ0) is 37.9. The second kappa shape index (κ2) is 17.6. The Morgan fingerprint density at radius 2 is 1.04 bits per heavy atom. The number of anilines is 1. The summed E-state index contributed by atoms with van der Waals surface area (Å²) in [7, 11) is 4.23. The number of methoxy groups -OCH3 is 3.